The van der Waals surface area contributed by atoms with Gasteiger partial charge in [0.15, 0.2) is 0 Å². The molecule has 1 aromatic heterocycles. The number of anilines is 2. The lowest BCUT2D eigenvalue weighted by atomic mass is 10.2. The zero-order valence-electron chi connectivity index (χ0n) is 6.52. The van der Waals surface area contributed by atoms with Crippen LogP contribution in [0.5, 0.6) is 0 Å². The fourth-order valence-electron chi connectivity index (χ4n) is 1.24. The Morgan fingerprint density at radius 1 is 1.27 bits per heavy atom. The SMILES string of the molecule is Cc1cc2c(cn1)NCCN2. The third-order valence-electron chi connectivity index (χ3n) is 1.80. The Morgan fingerprint density at radius 3 is 2.82 bits per heavy atom. The van der Waals surface area contributed by atoms with E-state index in [0.29, 0.717) is 0 Å². The molecule has 0 unspecified atom stereocenters. The summed E-state index contributed by atoms with van der Waals surface area (Å²) in [4.78, 5) is 4.19. The zero-order valence-corrected chi connectivity index (χ0v) is 6.52. The predicted molar refractivity (Wildman–Crippen MR) is 46.0 cm³/mol. The molecule has 3 nitrogen and oxygen atoms in total. The van der Waals surface area contributed by atoms with E-state index < -0.39 is 0 Å². The second-order valence-electron chi connectivity index (χ2n) is 2.72. The van der Waals surface area contributed by atoms with Gasteiger partial charge in [-0.15, -0.1) is 0 Å². The minimum Gasteiger partial charge on any atom is -0.382 e. The number of hydrogen-bond donors (Lipinski definition) is 2. The predicted octanol–water partition coefficient (Wildman–Crippen LogP) is 1.23. The van der Waals surface area contributed by atoms with Gasteiger partial charge in [0, 0.05) is 18.8 Å². The van der Waals surface area contributed by atoms with Gasteiger partial charge < -0.3 is 10.6 Å². The van der Waals surface area contributed by atoms with Gasteiger partial charge in [-0.05, 0) is 13.0 Å². The van der Waals surface area contributed by atoms with E-state index in [0.717, 1.165) is 24.5 Å². The molecule has 0 bridgehead atoms. The van der Waals surface area contributed by atoms with Gasteiger partial charge >= 0.3 is 0 Å². The van der Waals surface area contributed by atoms with Crippen LogP contribution in [0, 0.1) is 6.92 Å². The molecule has 0 saturated heterocycles. The minimum atomic E-state index is 0.984. The molecule has 2 heterocycles. The van der Waals surface area contributed by atoms with E-state index in [-0.39, 0.29) is 0 Å². The Bertz CT molecular complexity index is 270. The Balaban J connectivity index is 2.43. The summed E-state index contributed by atoms with van der Waals surface area (Å²) < 4.78 is 0. The van der Waals surface area contributed by atoms with Crippen LogP contribution in [0.25, 0.3) is 0 Å². The Kier molecular flexibility index (Phi) is 1.42. The smallest absolute Gasteiger partial charge is 0.0763 e. The summed E-state index contributed by atoms with van der Waals surface area (Å²) in [6, 6.07) is 2.06. The van der Waals surface area contributed by atoms with Crippen molar-refractivity contribution in [2.24, 2.45) is 0 Å². The largest absolute Gasteiger partial charge is 0.382 e. The summed E-state index contributed by atoms with van der Waals surface area (Å²) in [5.74, 6) is 0. The van der Waals surface area contributed by atoms with Gasteiger partial charge in [-0.25, -0.2) is 0 Å². The van der Waals surface area contributed by atoms with Gasteiger partial charge in [0.05, 0.1) is 17.6 Å². The molecule has 0 atom stereocenters. The lowest BCUT2D eigenvalue weighted by Crippen LogP contribution is -2.20. The number of fused-ring (bicyclic) bond motifs is 1. The monoisotopic (exact) mass is 149 g/mol. The topological polar surface area (TPSA) is 37.0 Å². The second kappa shape index (κ2) is 2.42. The molecule has 1 aliphatic heterocycles. The number of nitrogens with one attached hydrogen (secondary N) is 2. The van der Waals surface area contributed by atoms with E-state index in [1.807, 2.05) is 13.1 Å². The van der Waals surface area contributed by atoms with Crippen LogP contribution in [0.4, 0.5) is 11.4 Å². The van der Waals surface area contributed by atoms with E-state index in [2.05, 4.69) is 21.7 Å². The highest BCUT2D eigenvalue weighted by atomic mass is 15.0. The maximum atomic E-state index is 4.19. The molecule has 0 radical (unpaired) electrons. The maximum Gasteiger partial charge on any atom is 0.0763 e. The lowest BCUT2D eigenvalue weighted by Gasteiger charge is -2.19. The van der Waals surface area contributed by atoms with Crippen molar-refractivity contribution in [2.75, 3.05) is 23.7 Å². The van der Waals surface area contributed by atoms with Gasteiger partial charge in [0.1, 0.15) is 0 Å². The highest BCUT2D eigenvalue weighted by Crippen LogP contribution is 2.22. The summed E-state index contributed by atoms with van der Waals surface area (Å²) in [5, 5.41) is 6.57. The van der Waals surface area contributed by atoms with E-state index in [9.17, 15) is 0 Å². The zero-order chi connectivity index (χ0) is 7.68. The van der Waals surface area contributed by atoms with Gasteiger partial charge in [-0.3, -0.25) is 4.98 Å². The molecule has 0 fully saturated rings. The second-order valence-corrected chi connectivity index (χ2v) is 2.72. The van der Waals surface area contributed by atoms with Crippen LogP contribution >= 0.6 is 0 Å². The van der Waals surface area contributed by atoms with Crippen LogP contribution in [0.15, 0.2) is 12.3 Å². The summed E-state index contributed by atoms with van der Waals surface area (Å²) in [6.07, 6.45) is 1.87. The summed E-state index contributed by atoms with van der Waals surface area (Å²) >= 11 is 0. The van der Waals surface area contributed by atoms with Crippen LogP contribution in [0.1, 0.15) is 5.69 Å². The van der Waals surface area contributed by atoms with Crippen molar-refractivity contribution in [1.82, 2.24) is 4.98 Å². The Labute approximate surface area is 65.8 Å². The third-order valence-corrected chi connectivity index (χ3v) is 1.80. The summed E-state index contributed by atoms with van der Waals surface area (Å²) in [6.45, 7) is 3.98. The van der Waals surface area contributed by atoms with Crippen LogP contribution in [-0.4, -0.2) is 18.1 Å². The average molecular weight is 149 g/mol. The highest BCUT2D eigenvalue weighted by molar-refractivity contribution is 5.69. The Morgan fingerprint density at radius 2 is 2.00 bits per heavy atom. The fraction of sp³-hybridized carbons (Fsp3) is 0.375. The quantitative estimate of drug-likeness (QED) is 0.582. The first-order chi connectivity index (χ1) is 5.36. The third kappa shape index (κ3) is 1.13. The minimum absolute atomic E-state index is 0.984. The molecule has 0 aromatic carbocycles. The van der Waals surface area contributed by atoms with Crippen molar-refractivity contribution in [3.63, 3.8) is 0 Å². The number of aromatic nitrogens is 1. The summed E-state index contributed by atoms with van der Waals surface area (Å²) in [7, 11) is 0. The van der Waals surface area contributed by atoms with Crippen LogP contribution in [0.2, 0.25) is 0 Å². The van der Waals surface area contributed by atoms with Crippen LogP contribution < -0.4 is 10.6 Å². The molecule has 58 valence electrons. The lowest BCUT2D eigenvalue weighted by molar-refractivity contribution is 1.03. The van der Waals surface area contributed by atoms with Crippen molar-refractivity contribution in [3.8, 4) is 0 Å². The van der Waals surface area contributed by atoms with Crippen LogP contribution in [-0.2, 0) is 0 Å². The average Bonchev–Trinajstić information content (AvgIpc) is 2.04. The molecule has 1 aromatic rings. The van der Waals surface area contributed by atoms with Crippen molar-refractivity contribution >= 4 is 11.4 Å². The van der Waals surface area contributed by atoms with Crippen molar-refractivity contribution in [1.29, 1.82) is 0 Å². The number of aryl methyl sites for hydroxylation is 1. The first-order valence-corrected chi connectivity index (χ1v) is 3.80. The maximum absolute atomic E-state index is 4.19. The van der Waals surface area contributed by atoms with E-state index in [1.54, 1.807) is 0 Å². The highest BCUT2D eigenvalue weighted by Gasteiger charge is 2.06. The van der Waals surface area contributed by atoms with Gasteiger partial charge in [-0.2, -0.15) is 0 Å². The number of hydrogen-bond acceptors (Lipinski definition) is 3. The van der Waals surface area contributed by atoms with Crippen molar-refractivity contribution in [2.45, 2.75) is 6.92 Å². The molecule has 2 rings (SSSR count). The van der Waals surface area contributed by atoms with Crippen molar-refractivity contribution in [3.05, 3.63) is 18.0 Å². The molecular weight excluding hydrogens is 138 g/mol. The normalized spacial score (nSPS) is 14.6. The van der Waals surface area contributed by atoms with E-state index in [1.165, 1.54) is 5.69 Å². The standard InChI is InChI=1S/C8H11N3/c1-6-4-7-8(5-11-6)10-3-2-9-7/h4-5,9-10H,2-3H2,1H3. The number of nitrogens with zero attached hydrogens (tertiary/aromatic N) is 1. The number of rotatable bonds is 0. The molecule has 3 heteroatoms. The molecule has 0 amide bonds. The molecule has 2 N–H and O–H groups in total. The van der Waals surface area contributed by atoms with E-state index >= 15 is 0 Å². The Hall–Kier alpha value is -1.25. The van der Waals surface area contributed by atoms with Crippen molar-refractivity contribution < 1.29 is 0 Å². The molecule has 0 spiro atoms. The van der Waals surface area contributed by atoms with Gasteiger partial charge in [0.2, 0.25) is 0 Å². The fourth-order valence-corrected chi connectivity index (χ4v) is 1.24. The number of pyridine rings is 1. The molecule has 11 heavy (non-hydrogen) atoms. The van der Waals surface area contributed by atoms with Gasteiger partial charge in [-0.1, -0.05) is 0 Å². The van der Waals surface area contributed by atoms with E-state index in [4.69, 9.17) is 0 Å². The first-order valence-electron chi connectivity index (χ1n) is 3.80. The molecule has 0 aliphatic carbocycles. The first kappa shape index (κ1) is 6.46. The van der Waals surface area contributed by atoms with Gasteiger partial charge in [0.25, 0.3) is 0 Å². The molecular formula is C8H11N3. The molecule has 0 saturated carbocycles. The van der Waals surface area contributed by atoms with Crippen LogP contribution in [0.3, 0.4) is 0 Å². The molecule has 1 aliphatic rings. The summed E-state index contributed by atoms with van der Waals surface area (Å²) in [5.41, 5.74) is 3.34.